The monoisotopic (exact) mass is 292 g/mol. The van der Waals surface area contributed by atoms with Gasteiger partial charge in [-0.05, 0) is 45.7 Å². The second-order valence-corrected chi connectivity index (χ2v) is 6.26. The number of hydrogen-bond acceptors (Lipinski definition) is 5. The second-order valence-electron chi connectivity index (χ2n) is 6.26. The van der Waals surface area contributed by atoms with Gasteiger partial charge in [-0.3, -0.25) is 0 Å². The second kappa shape index (κ2) is 8.17. The minimum atomic E-state index is 0.130. The maximum atomic E-state index is 5.58. The molecule has 21 heavy (non-hydrogen) atoms. The summed E-state index contributed by atoms with van der Waals surface area (Å²) in [5.41, 5.74) is 0. The Hall–Kier alpha value is -1.36. The molecule has 1 unspecified atom stereocenters. The number of piperidine rings is 1. The van der Waals surface area contributed by atoms with Gasteiger partial charge in [-0.25, -0.2) is 9.97 Å². The molecule has 1 atom stereocenters. The summed E-state index contributed by atoms with van der Waals surface area (Å²) in [7, 11) is 0. The highest BCUT2D eigenvalue weighted by Gasteiger charge is 2.13. The number of nitrogens with one attached hydrogen (secondary N) is 1. The molecule has 1 saturated heterocycles. The van der Waals surface area contributed by atoms with E-state index in [4.69, 9.17) is 4.74 Å². The first-order valence-electron chi connectivity index (χ1n) is 8.08. The van der Waals surface area contributed by atoms with Crippen molar-refractivity contribution in [1.82, 2.24) is 14.9 Å². The van der Waals surface area contributed by atoms with E-state index in [0.29, 0.717) is 11.8 Å². The van der Waals surface area contributed by atoms with E-state index in [1.807, 2.05) is 19.9 Å². The van der Waals surface area contributed by atoms with Crippen LogP contribution < -0.4 is 10.1 Å². The minimum Gasteiger partial charge on any atom is -0.475 e. The largest absolute Gasteiger partial charge is 0.475 e. The van der Waals surface area contributed by atoms with Crippen molar-refractivity contribution in [1.29, 1.82) is 0 Å². The lowest BCUT2D eigenvalue weighted by Crippen LogP contribution is -2.35. The summed E-state index contributed by atoms with van der Waals surface area (Å²) in [6, 6.07) is 1.87. The fourth-order valence-corrected chi connectivity index (χ4v) is 2.67. The summed E-state index contributed by atoms with van der Waals surface area (Å²) >= 11 is 0. The number of ether oxygens (including phenoxy) is 1. The molecule has 2 rings (SSSR count). The maximum Gasteiger partial charge on any atom is 0.218 e. The molecule has 5 nitrogen and oxygen atoms in total. The van der Waals surface area contributed by atoms with Gasteiger partial charge in [-0.1, -0.05) is 13.3 Å². The standard InChI is InChI=1S/C16H28N4O/c1-13(2)21-16-9-15(18-12-19-16)17-10-14(3)11-20-7-5-4-6-8-20/h9,12-14H,4-8,10-11H2,1-3H3,(H,17,18,19). The number of hydrogen-bond donors (Lipinski definition) is 1. The molecule has 1 aromatic heterocycles. The Morgan fingerprint density at radius 2 is 1.95 bits per heavy atom. The van der Waals surface area contributed by atoms with Crippen LogP contribution in [0.2, 0.25) is 0 Å². The van der Waals surface area contributed by atoms with Crippen molar-refractivity contribution in [2.24, 2.45) is 5.92 Å². The van der Waals surface area contributed by atoms with Crippen LogP contribution in [0.5, 0.6) is 5.88 Å². The molecule has 0 aliphatic carbocycles. The predicted octanol–water partition coefficient (Wildman–Crippen LogP) is 2.80. The third kappa shape index (κ3) is 5.87. The Kier molecular flexibility index (Phi) is 6.23. The minimum absolute atomic E-state index is 0.130. The first-order chi connectivity index (χ1) is 10.1. The molecule has 1 N–H and O–H groups in total. The van der Waals surface area contributed by atoms with Crippen LogP contribution in [0.4, 0.5) is 5.82 Å². The van der Waals surface area contributed by atoms with Crippen LogP contribution in [-0.2, 0) is 0 Å². The van der Waals surface area contributed by atoms with Gasteiger partial charge in [-0.15, -0.1) is 0 Å². The van der Waals surface area contributed by atoms with E-state index < -0.39 is 0 Å². The predicted molar refractivity (Wildman–Crippen MR) is 85.7 cm³/mol. The topological polar surface area (TPSA) is 50.3 Å². The van der Waals surface area contributed by atoms with Gasteiger partial charge in [0, 0.05) is 19.2 Å². The molecule has 1 aliphatic rings. The third-order valence-electron chi connectivity index (χ3n) is 3.65. The zero-order valence-electron chi connectivity index (χ0n) is 13.5. The number of anilines is 1. The first-order valence-corrected chi connectivity index (χ1v) is 8.08. The fourth-order valence-electron chi connectivity index (χ4n) is 2.67. The molecular formula is C16H28N4O. The van der Waals surface area contributed by atoms with E-state index in [-0.39, 0.29) is 6.10 Å². The van der Waals surface area contributed by atoms with Crippen molar-refractivity contribution in [2.75, 3.05) is 31.5 Å². The summed E-state index contributed by atoms with van der Waals surface area (Å²) in [4.78, 5) is 10.9. The van der Waals surface area contributed by atoms with Crippen LogP contribution in [0, 0.1) is 5.92 Å². The van der Waals surface area contributed by atoms with Crippen LogP contribution in [0.25, 0.3) is 0 Å². The summed E-state index contributed by atoms with van der Waals surface area (Å²) in [6.45, 7) is 10.9. The lowest BCUT2D eigenvalue weighted by atomic mass is 10.1. The number of likely N-dealkylation sites (tertiary alicyclic amines) is 1. The van der Waals surface area contributed by atoms with E-state index in [1.54, 1.807) is 6.33 Å². The number of aromatic nitrogens is 2. The SMILES string of the molecule is CC(CNc1cc(OC(C)C)ncn1)CN1CCCCC1. The summed E-state index contributed by atoms with van der Waals surface area (Å²) in [5.74, 6) is 2.07. The van der Waals surface area contributed by atoms with Crippen LogP contribution in [-0.4, -0.2) is 47.2 Å². The van der Waals surface area contributed by atoms with Crippen molar-refractivity contribution < 1.29 is 4.74 Å². The molecule has 1 aliphatic heterocycles. The first kappa shape index (κ1) is 16.0. The molecule has 2 heterocycles. The van der Waals surface area contributed by atoms with Crippen LogP contribution in [0.1, 0.15) is 40.0 Å². The summed E-state index contributed by atoms with van der Waals surface area (Å²) < 4.78 is 5.58. The van der Waals surface area contributed by atoms with Gasteiger partial charge < -0.3 is 15.0 Å². The zero-order chi connectivity index (χ0) is 15.1. The quantitative estimate of drug-likeness (QED) is 0.837. The van der Waals surface area contributed by atoms with Gasteiger partial charge in [0.1, 0.15) is 12.1 Å². The van der Waals surface area contributed by atoms with E-state index in [2.05, 4.69) is 27.1 Å². The summed E-state index contributed by atoms with van der Waals surface area (Å²) in [6.07, 6.45) is 5.77. The molecule has 1 aromatic rings. The van der Waals surface area contributed by atoms with Gasteiger partial charge in [0.05, 0.1) is 6.10 Å². The lowest BCUT2D eigenvalue weighted by Gasteiger charge is -2.29. The number of rotatable bonds is 7. The summed E-state index contributed by atoms with van der Waals surface area (Å²) in [5, 5.41) is 3.39. The molecule has 118 valence electrons. The Morgan fingerprint density at radius 3 is 2.67 bits per heavy atom. The van der Waals surface area contributed by atoms with E-state index >= 15 is 0 Å². The van der Waals surface area contributed by atoms with E-state index in [1.165, 1.54) is 32.4 Å². The van der Waals surface area contributed by atoms with Crippen LogP contribution in [0.15, 0.2) is 12.4 Å². The molecular weight excluding hydrogens is 264 g/mol. The zero-order valence-corrected chi connectivity index (χ0v) is 13.5. The molecule has 5 heteroatoms. The van der Waals surface area contributed by atoms with Crippen molar-refractivity contribution in [3.05, 3.63) is 12.4 Å². The van der Waals surface area contributed by atoms with Gasteiger partial charge in [0.15, 0.2) is 0 Å². The molecule has 0 aromatic carbocycles. The normalized spacial score (nSPS) is 17.7. The molecule has 0 saturated carbocycles. The third-order valence-corrected chi connectivity index (χ3v) is 3.65. The molecule has 0 bridgehead atoms. The Labute approximate surface area is 128 Å². The smallest absolute Gasteiger partial charge is 0.218 e. The Bertz CT molecular complexity index is 418. The fraction of sp³-hybridized carbons (Fsp3) is 0.750. The number of nitrogens with zero attached hydrogens (tertiary/aromatic N) is 3. The van der Waals surface area contributed by atoms with E-state index in [0.717, 1.165) is 18.9 Å². The molecule has 0 amide bonds. The van der Waals surface area contributed by atoms with Gasteiger partial charge >= 0.3 is 0 Å². The Morgan fingerprint density at radius 1 is 1.19 bits per heavy atom. The maximum absolute atomic E-state index is 5.58. The molecule has 0 radical (unpaired) electrons. The van der Waals surface area contributed by atoms with E-state index in [9.17, 15) is 0 Å². The van der Waals surface area contributed by atoms with Gasteiger partial charge in [0.2, 0.25) is 5.88 Å². The van der Waals surface area contributed by atoms with Gasteiger partial charge in [0.25, 0.3) is 0 Å². The highest BCUT2D eigenvalue weighted by molar-refractivity contribution is 5.37. The lowest BCUT2D eigenvalue weighted by molar-refractivity contribution is 0.204. The average molecular weight is 292 g/mol. The van der Waals surface area contributed by atoms with Crippen molar-refractivity contribution in [3.63, 3.8) is 0 Å². The highest BCUT2D eigenvalue weighted by Crippen LogP contribution is 2.14. The molecule has 1 fully saturated rings. The highest BCUT2D eigenvalue weighted by atomic mass is 16.5. The van der Waals surface area contributed by atoms with Crippen molar-refractivity contribution >= 4 is 5.82 Å². The molecule has 0 spiro atoms. The van der Waals surface area contributed by atoms with Crippen LogP contribution in [0.3, 0.4) is 0 Å². The Balaban J connectivity index is 1.76. The average Bonchev–Trinajstić information content (AvgIpc) is 2.46. The van der Waals surface area contributed by atoms with Crippen LogP contribution >= 0.6 is 0 Å². The van der Waals surface area contributed by atoms with Crippen molar-refractivity contribution in [2.45, 2.75) is 46.1 Å². The van der Waals surface area contributed by atoms with Gasteiger partial charge in [-0.2, -0.15) is 0 Å². The van der Waals surface area contributed by atoms with Crippen molar-refractivity contribution in [3.8, 4) is 5.88 Å².